The third kappa shape index (κ3) is 7.28. The van der Waals surface area contributed by atoms with Gasteiger partial charge in [-0.1, -0.05) is 13.8 Å². The number of methoxy groups -OCH3 is 1. The first-order chi connectivity index (χ1) is 9.68. The number of ether oxygens (including phenoxy) is 1. The summed E-state index contributed by atoms with van der Waals surface area (Å²) in [6.07, 6.45) is -0.00446. The van der Waals surface area contributed by atoms with Crippen LogP contribution in [-0.4, -0.2) is 42.9 Å². The molecule has 0 unspecified atom stereocenters. The van der Waals surface area contributed by atoms with Crippen molar-refractivity contribution in [2.24, 2.45) is 11.7 Å². The summed E-state index contributed by atoms with van der Waals surface area (Å²) in [5.74, 6) is -2.29. The Kier molecular flexibility index (Phi) is 8.03. The van der Waals surface area contributed by atoms with Crippen molar-refractivity contribution in [2.45, 2.75) is 45.7 Å². The van der Waals surface area contributed by atoms with Crippen molar-refractivity contribution in [1.29, 1.82) is 0 Å². The maximum atomic E-state index is 12.1. The fourth-order valence-electron chi connectivity index (χ4n) is 1.67. The highest BCUT2D eigenvalue weighted by Gasteiger charge is 2.27. The second-order valence-electron chi connectivity index (χ2n) is 5.00. The van der Waals surface area contributed by atoms with E-state index >= 15 is 0 Å². The van der Waals surface area contributed by atoms with E-state index in [1.165, 1.54) is 14.0 Å². The molecule has 0 rings (SSSR count). The van der Waals surface area contributed by atoms with Crippen LogP contribution in [0.25, 0.3) is 0 Å². The van der Waals surface area contributed by atoms with Gasteiger partial charge in [0.2, 0.25) is 17.7 Å². The van der Waals surface area contributed by atoms with E-state index in [0.29, 0.717) is 0 Å². The minimum atomic E-state index is -0.994. The van der Waals surface area contributed by atoms with Crippen molar-refractivity contribution in [2.75, 3.05) is 7.11 Å². The lowest BCUT2D eigenvalue weighted by Crippen LogP contribution is -2.54. The lowest BCUT2D eigenvalue weighted by molar-refractivity contribution is -0.141. The number of nitrogens with two attached hydrogens (primary N) is 1. The average Bonchev–Trinajstić information content (AvgIpc) is 2.38. The summed E-state index contributed by atoms with van der Waals surface area (Å²) in [5.41, 5.74) is 5.20. The first-order valence-electron chi connectivity index (χ1n) is 6.62. The number of hydrogen-bond donors (Lipinski definition) is 3. The lowest BCUT2D eigenvalue weighted by Gasteiger charge is -2.23. The third-order valence-electron chi connectivity index (χ3n) is 2.83. The van der Waals surface area contributed by atoms with Crippen LogP contribution in [-0.2, 0) is 23.9 Å². The molecule has 0 spiro atoms. The summed E-state index contributed by atoms with van der Waals surface area (Å²) in [6, 6.07) is -1.77. The standard InChI is InChI=1S/C13H23N3O5/c1-7(2)11(15-8(3)17)13(20)16-9(12(14)19)5-6-10(18)21-4/h7,9,11H,5-6H2,1-4H3,(H2,14,19)(H,15,17)(H,16,20)/t9-,11-/m1/s1. The molecule has 0 saturated heterocycles. The fourth-order valence-corrected chi connectivity index (χ4v) is 1.67. The van der Waals surface area contributed by atoms with Gasteiger partial charge in [-0.25, -0.2) is 0 Å². The number of carbonyl (C=O) groups is 4. The molecule has 0 bridgehead atoms. The quantitative estimate of drug-likeness (QED) is 0.499. The fraction of sp³-hybridized carbons (Fsp3) is 0.692. The Morgan fingerprint density at radius 3 is 2.10 bits per heavy atom. The van der Waals surface area contributed by atoms with Gasteiger partial charge in [-0.05, 0) is 12.3 Å². The number of nitrogens with one attached hydrogen (secondary N) is 2. The molecule has 0 aromatic carbocycles. The van der Waals surface area contributed by atoms with Crippen molar-refractivity contribution in [1.82, 2.24) is 10.6 Å². The predicted molar refractivity (Wildman–Crippen MR) is 74.8 cm³/mol. The number of hydrogen-bond acceptors (Lipinski definition) is 5. The zero-order chi connectivity index (χ0) is 16.6. The Labute approximate surface area is 123 Å². The van der Waals surface area contributed by atoms with Gasteiger partial charge < -0.3 is 21.1 Å². The maximum Gasteiger partial charge on any atom is 0.305 e. The van der Waals surface area contributed by atoms with Crippen molar-refractivity contribution < 1.29 is 23.9 Å². The predicted octanol–water partition coefficient (Wildman–Crippen LogP) is -0.930. The Hall–Kier alpha value is -2.12. The number of primary amides is 1. The van der Waals surface area contributed by atoms with Crippen molar-refractivity contribution in [3.63, 3.8) is 0 Å². The number of rotatable bonds is 8. The Balaban J connectivity index is 4.74. The molecule has 0 heterocycles. The number of esters is 1. The summed E-state index contributed by atoms with van der Waals surface area (Å²) in [5, 5.41) is 4.95. The van der Waals surface area contributed by atoms with Crippen LogP contribution in [0.15, 0.2) is 0 Å². The van der Waals surface area contributed by atoms with Gasteiger partial charge in [0.1, 0.15) is 12.1 Å². The molecule has 4 N–H and O–H groups in total. The summed E-state index contributed by atoms with van der Waals surface area (Å²) in [7, 11) is 1.23. The maximum absolute atomic E-state index is 12.1. The second-order valence-corrected chi connectivity index (χ2v) is 5.00. The summed E-state index contributed by atoms with van der Waals surface area (Å²) >= 11 is 0. The van der Waals surface area contributed by atoms with Crippen LogP contribution in [0.4, 0.5) is 0 Å². The molecular formula is C13H23N3O5. The molecule has 8 nitrogen and oxygen atoms in total. The van der Waals surface area contributed by atoms with Crippen LogP contribution < -0.4 is 16.4 Å². The molecule has 120 valence electrons. The minimum Gasteiger partial charge on any atom is -0.469 e. The average molecular weight is 301 g/mol. The van der Waals surface area contributed by atoms with Gasteiger partial charge in [-0.15, -0.1) is 0 Å². The molecule has 0 fully saturated rings. The molecule has 0 aliphatic carbocycles. The van der Waals surface area contributed by atoms with Gasteiger partial charge in [0.25, 0.3) is 0 Å². The largest absolute Gasteiger partial charge is 0.469 e. The van der Waals surface area contributed by atoms with Crippen LogP contribution in [0.1, 0.15) is 33.6 Å². The molecule has 0 aliphatic heterocycles. The summed E-state index contributed by atoms with van der Waals surface area (Å²) in [4.78, 5) is 45.6. The van der Waals surface area contributed by atoms with Gasteiger partial charge in [-0.2, -0.15) is 0 Å². The molecule has 3 amide bonds. The lowest BCUT2D eigenvalue weighted by atomic mass is 10.0. The molecule has 0 aromatic rings. The zero-order valence-electron chi connectivity index (χ0n) is 12.8. The number of amides is 3. The van der Waals surface area contributed by atoms with Gasteiger partial charge in [0.05, 0.1) is 7.11 Å². The molecule has 0 saturated carbocycles. The van der Waals surface area contributed by atoms with Crippen LogP contribution in [0, 0.1) is 5.92 Å². The Bertz CT molecular complexity index is 409. The van der Waals surface area contributed by atoms with E-state index < -0.39 is 29.9 Å². The Morgan fingerprint density at radius 2 is 1.71 bits per heavy atom. The van der Waals surface area contributed by atoms with E-state index in [-0.39, 0.29) is 24.7 Å². The number of carbonyl (C=O) groups excluding carboxylic acids is 4. The highest BCUT2D eigenvalue weighted by Crippen LogP contribution is 2.05. The molecule has 0 aromatic heterocycles. The monoisotopic (exact) mass is 301 g/mol. The molecule has 0 aliphatic rings. The molecule has 21 heavy (non-hydrogen) atoms. The highest BCUT2D eigenvalue weighted by atomic mass is 16.5. The van der Waals surface area contributed by atoms with Crippen molar-refractivity contribution >= 4 is 23.7 Å². The van der Waals surface area contributed by atoms with Gasteiger partial charge >= 0.3 is 5.97 Å². The van der Waals surface area contributed by atoms with E-state index in [1.54, 1.807) is 13.8 Å². The van der Waals surface area contributed by atoms with Crippen LogP contribution in [0.2, 0.25) is 0 Å². The van der Waals surface area contributed by atoms with Crippen molar-refractivity contribution in [3.05, 3.63) is 0 Å². The first kappa shape index (κ1) is 18.9. The van der Waals surface area contributed by atoms with Gasteiger partial charge in [0.15, 0.2) is 0 Å². The molecule has 8 heteroatoms. The highest BCUT2D eigenvalue weighted by molar-refractivity contribution is 5.91. The normalized spacial score (nSPS) is 13.2. The zero-order valence-corrected chi connectivity index (χ0v) is 12.8. The van der Waals surface area contributed by atoms with E-state index in [1.807, 2.05) is 0 Å². The van der Waals surface area contributed by atoms with E-state index in [2.05, 4.69) is 15.4 Å². The second kappa shape index (κ2) is 8.93. The van der Waals surface area contributed by atoms with Crippen LogP contribution in [0.3, 0.4) is 0 Å². The van der Waals surface area contributed by atoms with Crippen molar-refractivity contribution in [3.8, 4) is 0 Å². The first-order valence-corrected chi connectivity index (χ1v) is 6.62. The van der Waals surface area contributed by atoms with E-state index in [4.69, 9.17) is 5.73 Å². The Morgan fingerprint density at radius 1 is 1.14 bits per heavy atom. The van der Waals surface area contributed by atoms with E-state index in [0.717, 1.165) is 0 Å². The minimum absolute atomic E-state index is 0.0403. The van der Waals surface area contributed by atoms with Crippen LogP contribution in [0.5, 0.6) is 0 Å². The van der Waals surface area contributed by atoms with Gasteiger partial charge in [0, 0.05) is 13.3 Å². The van der Waals surface area contributed by atoms with Gasteiger partial charge in [-0.3, -0.25) is 19.2 Å². The summed E-state index contributed by atoms with van der Waals surface area (Å²) in [6.45, 7) is 4.81. The molecule has 0 radical (unpaired) electrons. The summed E-state index contributed by atoms with van der Waals surface area (Å²) < 4.78 is 4.46. The third-order valence-corrected chi connectivity index (χ3v) is 2.83. The topological polar surface area (TPSA) is 128 Å². The SMILES string of the molecule is COC(=O)CC[C@@H](NC(=O)[C@H](NC(C)=O)C(C)C)C(N)=O. The smallest absolute Gasteiger partial charge is 0.305 e. The molecule has 2 atom stereocenters. The van der Waals surface area contributed by atoms with E-state index in [9.17, 15) is 19.2 Å². The molecular weight excluding hydrogens is 278 g/mol. The van der Waals surface area contributed by atoms with Crippen LogP contribution >= 0.6 is 0 Å².